The van der Waals surface area contributed by atoms with Crippen molar-refractivity contribution in [3.05, 3.63) is 35.4 Å². The van der Waals surface area contributed by atoms with Crippen molar-refractivity contribution in [3.8, 4) is 0 Å². The van der Waals surface area contributed by atoms with Crippen LogP contribution in [0.1, 0.15) is 31.4 Å². The van der Waals surface area contributed by atoms with E-state index in [9.17, 15) is 4.79 Å². The molecule has 1 aliphatic rings. The number of fused-ring (bicyclic) bond motifs is 1. The van der Waals surface area contributed by atoms with Gasteiger partial charge < -0.3 is 4.79 Å². The molecule has 0 amide bonds. The molecule has 17 heavy (non-hydrogen) atoms. The predicted octanol–water partition coefficient (Wildman–Crippen LogP) is 2.66. The van der Waals surface area contributed by atoms with Gasteiger partial charge in [-0.1, -0.05) is 38.1 Å². The first-order valence-electron chi connectivity index (χ1n) is 6.33. The minimum atomic E-state index is 0.0913. The van der Waals surface area contributed by atoms with Crippen LogP contribution in [-0.2, 0) is 17.8 Å². The Kier molecular flexibility index (Phi) is 3.63. The van der Waals surface area contributed by atoms with Gasteiger partial charge in [-0.2, -0.15) is 0 Å². The zero-order valence-electron chi connectivity index (χ0n) is 10.8. The van der Waals surface area contributed by atoms with Gasteiger partial charge in [-0.25, -0.2) is 0 Å². The zero-order valence-corrected chi connectivity index (χ0v) is 10.8. The summed E-state index contributed by atoms with van der Waals surface area (Å²) in [6, 6.07) is 8.67. The fourth-order valence-electron chi connectivity index (χ4n) is 2.58. The Morgan fingerprint density at radius 1 is 1.29 bits per heavy atom. The maximum absolute atomic E-state index is 10.6. The first-order chi connectivity index (χ1) is 8.11. The lowest BCUT2D eigenvalue weighted by atomic mass is 9.88. The molecule has 0 spiro atoms. The summed E-state index contributed by atoms with van der Waals surface area (Å²) in [7, 11) is 0. The van der Waals surface area contributed by atoms with Crippen molar-refractivity contribution >= 4 is 6.29 Å². The molecule has 0 N–H and O–H groups in total. The molecule has 0 fully saturated rings. The Morgan fingerprint density at radius 3 is 2.71 bits per heavy atom. The van der Waals surface area contributed by atoms with Crippen LogP contribution in [0.2, 0.25) is 0 Å². The third-order valence-corrected chi connectivity index (χ3v) is 3.50. The lowest BCUT2D eigenvalue weighted by molar-refractivity contribution is -0.109. The highest BCUT2D eigenvalue weighted by atomic mass is 16.1. The van der Waals surface area contributed by atoms with Crippen molar-refractivity contribution in [2.45, 2.75) is 33.2 Å². The molecule has 0 bridgehead atoms. The molecule has 0 saturated heterocycles. The van der Waals surface area contributed by atoms with Crippen LogP contribution in [0.15, 0.2) is 24.3 Å². The van der Waals surface area contributed by atoms with E-state index in [-0.39, 0.29) is 5.41 Å². The summed E-state index contributed by atoms with van der Waals surface area (Å²) >= 11 is 0. The minimum absolute atomic E-state index is 0.0913. The van der Waals surface area contributed by atoms with E-state index in [4.69, 9.17) is 0 Å². The standard InChI is InChI=1S/C15H21NO/c1-15(2,8-10-17)12-16-9-7-13-5-3-4-6-14(13)11-16/h3-6,10H,7-9,11-12H2,1-2H3. The summed E-state index contributed by atoms with van der Waals surface area (Å²) < 4.78 is 0. The fourth-order valence-corrected chi connectivity index (χ4v) is 2.58. The number of nitrogens with zero attached hydrogens (tertiary/aromatic N) is 1. The molecule has 2 heteroatoms. The molecule has 1 heterocycles. The Morgan fingerprint density at radius 2 is 2.00 bits per heavy atom. The van der Waals surface area contributed by atoms with Crippen LogP contribution < -0.4 is 0 Å². The molecule has 2 nitrogen and oxygen atoms in total. The molecule has 1 aliphatic heterocycles. The van der Waals surface area contributed by atoms with Crippen LogP contribution in [-0.4, -0.2) is 24.3 Å². The number of aldehydes is 1. The molecule has 0 aliphatic carbocycles. The van der Waals surface area contributed by atoms with Gasteiger partial charge in [-0.15, -0.1) is 0 Å². The van der Waals surface area contributed by atoms with Crippen LogP contribution in [0.3, 0.4) is 0 Å². The Bertz CT molecular complexity index is 398. The van der Waals surface area contributed by atoms with Crippen molar-refractivity contribution in [1.82, 2.24) is 4.90 Å². The minimum Gasteiger partial charge on any atom is -0.303 e. The van der Waals surface area contributed by atoms with Crippen LogP contribution >= 0.6 is 0 Å². The van der Waals surface area contributed by atoms with Gasteiger partial charge in [0.1, 0.15) is 6.29 Å². The van der Waals surface area contributed by atoms with E-state index in [1.165, 1.54) is 11.1 Å². The number of carbonyl (C=O) groups is 1. The van der Waals surface area contributed by atoms with Crippen LogP contribution in [0.4, 0.5) is 0 Å². The van der Waals surface area contributed by atoms with Crippen molar-refractivity contribution < 1.29 is 4.79 Å². The SMILES string of the molecule is CC(C)(CC=O)CN1CCc2ccccc2C1. The zero-order chi connectivity index (χ0) is 12.3. The smallest absolute Gasteiger partial charge is 0.120 e. The van der Waals surface area contributed by atoms with Crippen LogP contribution in [0.5, 0.6) is 0 Å². The van der Waals surface area contributed by atoms with Crippen molar-refractivity contribution in [2.75, 3.05) is 13.1 Å². The number of carbonyl (C=O) groups excluding carboxylic acids is 1. The molecule has 0 unspecified atom stereocenters. The van der Waals surface area contributed by atoms with Crippen molar-refractivity contribution in [1.29, 1.82) is 0 Å². The van der Waals surface area contributed by atoms with Gasteiger partial charge in [0.05, 0.1) is 0 Å². The lowest BCUT2D eigenvalue weighted by Gasteiger charge is -2.34. The largest absolute Gasteiger partial charge is 0.303 e. The molecule has 1 aromatic rings. The molecule has 0 radical (unpaired) electrons. The van der Waals surface area contributed by atoms with E-state index >= 15 is 0 Å². The number of hydrogen-bond acceptors (Lipinski definition) is 2. The molecule has 0 saturated carbocycles. The maximum Gasteiger partial charge on any atom is 0.120 e. The Labute approximate surface area is 104 Å². The van der Waals surface area contributed by atoms with Gasteiger partial charge in [0.2, 0.25) is 0 Å². The van der Waals surface area contributed by atoms with E-state index in [1.807, 2.05) is 0 Å². The fraction of sp³-hybridized carbons (Fsp3) is 0.533. The molecule has 0 aromatic heterocycles. The summed E-state index contributed by atoms with van der Waals surface area (Å²) in [5, 5.41) is 0. The van der Waals surface area contributed by atoms with E-state index in [0.29, 0.717) is 6.42 Å². The van der Waals surface area contributed by atoms with E-state index < -0.39 is 0 Å². The molecule has 1 aromatic carbocycles. The second-order valence-corrected chi connectivity index (χ2v) is 5.76. The van der Waals surface area contributed by atoms with E-state index in [2.05, 4.69) is 43.0 Å². The molecular weight excluding hydrogens is 210 g/mol. The highest BCUT2D eigenvalue weighted by Gasteiger charge is 2.24. The van der Waals surface area contributed by atoms with Crippen LogP contribution in [0, 0.1) is 5.41 Å². The van der Waals surface area contributed by atoms with Gasteiger partial charge in [-0.3, -0.25) is 4.90 Å². The second kappa shape index (κ2) is 5.01. The Hall–Kier alpha value is -1.15. The first-order valence-corrected chi connectivity index (χ1v) is 6.33. The van der Waals surface area contributed by atoms with Crippen molar-refractivity contribution in [2.24, 2.45) is 5.41 Å². The van der Waals surface area contributed by atoms with Gasteiger partial charge in [-0.05, 0) is 23.0 Å². The third-order valence-electron chi connectivity index (χ3n) is 3.50. The molecule has 0 atom stereocenters. The molecule has 2 rings (SSSR count). The Balaban J connectivity index is 2.01. The normalized spacial score (nSPS) is 16.6. The summed E-state index contributed by atoms with van der Waals surface area (Å²) in [4.78, 5) is 13.1. The van der Waals surface area contributed by atoms with Gasteiger partial charge in [0.15, 0.2) is 0 Å². The first kappa shape index (κ1) is 12.3. The van der Waals surface area contributed by atoms with E-state index in [0.717, 1.165) is 32.3 Å². The second-order valence-electron chi connectivity index (χ2n) is 5.76. The average Bonchev–Trinajstić information content (AvgIpc) is 2.28. The lowest BCUT2D eigenvalue weighted by Crippen LogP contribution is -2.38. The van der Waals surface area contributed by atoms with Gasteiger partial charge in [0, 0.05) is 26.1 Å². The van der Waals surface area contributed by atoms with Gasteiger partial charge in [0.25, 0.3) is 0 Å². The maximum atomic E-state index is 10.6. The van der Waals surface area contributed by atoms with Gasteiger partial charge >= 0.3 is 0 Å². The number of hydrogen-bond donors (Lipinski definition) is 0. The average molecular weight is 231 g/mol. The highest BCUT2D eigenvalue weighted by molar-refractivity contribution is 5.50. The van der Waals surface area contributed by atoms with Crippen LogP contribution in [0.25, 0.3) is 0 Å². The van der Waals surface area contributed by atoms with Crippen molar-refractivity contribution in [3.63, 3.8) is 0 Å². The van der Waals surface area contributed by atoms with E-state index in [1.54, 1.807) is 0 Å². The summed E-state index contributed by atoms with van der Waals surface area (Å²) in [6.45, 7) is 7.47. The summed E-state index contributed by atoms with van der Waals surface area (Å²) in [6.07, 6.45) is 2.82. The predicted molar refractivity (Wildman–Crippen MR) is 69.9 cm³/mol. The third kappa shape index (κ3) is 3.16. The molecule has 92 valence electrons. The summed E-state index contributed by atoms with van der Waals surface area (Å²) in [5.41, 5.74) is 3.02. The highest BCUT2D eigenvalue weighted by Crippen LogP contribution is 2.25. The monoisotopic (exact) mass is 231 g/mol. The molecular formula is C15H21NO. The topological polar surface area (TPSA) is 20.3 Å². The number of rotatable bonds is 4. The quantitative estimate of drug-likeness (QED) is 0.743. The summed E-state index contributed by atoms with van der Waals surface area (Å²) in [5.74, 6) is 0. The number of benzene rings is 1.